The summed E-state index contributed by atoms with van der Waals surface area (Å²) in [7, 11) is 0. The SMILES string of the molecule is CC1CC(C(=O)O)CN(C(=O)CCc2cc(Cl)cs2)C1. The van der Waals surface area contributed by atoms with E-state index < -0.39 is 11.9 Å². The molecule has 1 aromatic rings. The van der Waals surface area contributed by atoms with Gasteiger partial charge in [-0.05, 0) is 24.8 Å². The molecule has 4 nitrogen and oxygen atoms in total. The number of carbonyl (C=O) groups excluding carboxylic acids is 1. The first-order valence-corrected chi connectivity index (χ1v) is 7.95. The van der Waals surface area contributed by atoms with Gasteiger partial charge in [-0.25, -0.2) is 0 Å². The number of aryl methyl sites for hydroxylation is 1. The average Bonchev–Trinajstić information content (AvgIpc) is 2.81. The van der Waals surface area contributed by atoms with Crippen molar-refractivity contribution in [2.24, 2.45) is 11.8 Å². The molecular formula is C14H18ClNO3S. The number of amides is 1. The van der Waals surface area contributed by atoms with E-state index in [9.17, 15) is 9.59 Å². The van der Waals surface area contributed by atoms with Gasteiger partial charge < -0.3 is 10.0 Å². The number of halogens is 1. The largest absolute Gasteiger partial charge is 0.481 e. The number of thiophene rings is 1. The number of rotatable bonds is 4. The normalized spacial score (nSPS) is 22.8. The van der Waals surface area contributed by atoms with Gasteiger partial charge in [-0.15, -0.1) is 11.3 Å². The van der Waals surface area contributed by atoms with Crippen LogP contribution in [0, 0.1) is 11.8 Å². The first-order chi connectivity index (χ1) is 9.45. The van der Waals surface area contributed by atoms with Crippen LogP contribution >= 0.6 is 22.9 Å². The summed E-state index contributed by atoms with van der Waals surface area (Å²) in [6.45, 7) is 2.99. The predicted octanol–water partition coefficient (Wildman–Crippen LogP) is 2.90. The molecular weight excluding hydrogens is 298 g/mol. The van der Waals surface area contributed by atoms with Gasteiger partial charge in [0, 0.05) is 29.8 Å². The lowest BCUT2D eigenvalue weighted by atomic mass is 9.90. The van der Waals surface area contributed by atoms with Crippen molar-refractivity contribution in [1.29, 1.82) is 0 Å². The van der Waals surface area contributed by atoms with Crippen molar-refractivity contribution in [3.8, 4) is 0 Å². The summed E-state index contributed by atoms with van der Waals surface area (Å²) < 4.78 is 0. The number of hydrogen-bond donors (Lipinski definition) is 1. The first kappa shape index (κ1) is 15.3. The van der Waals surface area contributed by atoms with Crippen molar-refractivity contribution >= 4 is 34.8 Å². The average molecular weight is 316 g/mol. The fraction of sp³-hybridized carbons (Fsp3) is 0.571. The van der Waals surface area contributed by atoms with Gasteiger partial charge in [-0.1, -0.05) is 18.5 Å². The summed E-state index contributed by atoms with van der Waals surface area (Å²) in [5.74, 6) is -0.962. The Kier molecular flexibility index (Phi) is 5.05. The minimum absolute atomic E-state index is 0.0346. The third-order valence-electron chi connectivity index (χ3n) is 3.57. The quantitative estimate of drug-likeness (QED) is 0.929. The van der Waals surface area contributed by atoms with Gasteiger partial charge in [0.2, 0.25) is 5.91 Å². The van der Waals surface area contributed by atoms with Gasteiger partial charge in [0.25, 0.3) is 0 Å². The molecule has 1 fully saturated rings. The molecule has 2 unspecified atom stereocenters. The van der Waals surface area contributed by atoms with Gasteiger partial charge in [0.1, 0.15) is 0 Å². The Hall–Kier alpha value is -1.07. The Morgan fingerprint density at radius 1 is 1.50 bits per heavy atom. The molecule has 20 heavy (non-hydrogen) atoms. The van der Waals surface area contributed by atoms with E-state index >= 15 is 0 Å². The number of likely N-dealkylation sites (tertiary alicyclic amines) is 1. The minimum Gasteiger partial charge on any atom is -0.481 e. The van der Waals surface area contributed by atoms with E-state index in [1.807, 2.05) is 18.4 Å². The molecule has 0 aliphatic carbocycles. The Morgan fingerprint density at radius 2 is 2.25 bits per heavy atom. The summed E-state index contributed by atoms with van der Waals surface area (Å²) >= 11 is 7.39. The number of carboxylic acid groups (broad SMARTS) is 1. The third kappa shape index (κ3) is 3.96. The van der Waals surface area contributed by atoms with Crippen LogP contribution < -0.4 is 0 Å². The van der Waals surface area contributed by atoms with Crippen molar-refractivity contribution in [1.82, 2.24) is 4.90 Å². The second-order valence-corrected chi connectivity index (χ2v) is 6.84. The zero-order valence-corrected chi connectivity index (χ0v) is 12.9. The standard InChI is InChI=1S/C14H18ClNO3S/c1-9-4-10(14(18)19)7-16(6-9)13(17)3-2-12-5-11(15)8-20-12/h5,8-10H,2-4,6-7H2,1H3,(H,18,19). The van der Waals surface area contributed by atoms with E-state index in [1.54, 1.807) is 16.2 Å². The molecule has 1 aromatic heterocycles. The van der Waals surface area contributed by atoms with Crippen LogP contribution in [0.5, 0.6) is 0 Å². The molecule has 0 spiro atoms. The van der Waals surface area contributed by atoms with Crippen LogP contribution in [-0.2, 0) is 16.0 Å². The summed E-state index contributed by atoms with van der Waals surface area (Å²) in [5.41, 5.74) is 0. The molecule has 0 bridgehead atoms. The number of aliphatic carboxylic acids is 1. The topological polar surface area (TPSA) is 57.6 Å². The summed E-state index contributed by atoms with van der Waals surface area (Å²) in [5, 5.41) is 11.7. The number of carboxylic acids is 1. The number of piperidine rings is 1. The lowest BCUT2D eigenvalue weighted by Gasteiger charge is -2.34. The van der Waals surface area contributed by atoms with Crippen molar-refractivity contribution in [3.63, 3.8) is 0 Å². The molecule has 2 rings (SSSR count). The van der Waals surface area contributed by atoms with Crippen LogP contribution in [0.2, 0.25) is 5.02 Å². The van der Waals surface area contributed by atoms with Crippen molar-refractivity contribution < 1.29 is 14.7 Å². The second kappa shape index (κ2) is 6.59. The molecule has 1 aliphatic heterocycles. The lowest BCUT2D eigenvalue weighted by molar-refractivity contribution is -0.146. The zero-order chi connectivity index (χ0) is 14.7. The first-order valence-electron chi connectivity index (χ1n) is 6.69. The van der Waals surface area contributed by atoms with E-state index in [0.717, 1.165) is 4.88 Å². The monoisotopic (exact) mass is 315 g/mol. The van der Waals surface area contributed by atoms with Gasteiger partial charge >= 0.3 is 5.97 Å². The Bertz CT molecular complexity index is 502. The van der Waals surface area contributed by atoms with Gasteiger partial charge in [-0.3, -0.25) is 9.59 Å². The smallest absolute Gasteiger partial charge is 0.308 e. The Morgan fingerprint density at radius 3 is 2.85 bits per heavy atom. The second-order valence-electron chi connectivity index (χ2n) is 5.41. The summed E-state index contributed by atoms with van der Waals surface area (Å²) in [6, 6.07) is 1.87. The van der Waals surface area contributed by atoms with Crippen LogP contribution in [0.4, 0.5) is 0 Å². The highest BCUT2D eigenvalue weighted by Gasteiger charge is 2.31. The van der Waals surface area contributed by atoms with Crippen molar-refractivity contribution in [2.75, 3.05) is 13.1 Å². The van der Waals surface area contributed by atoms with Crippen LogP contribution in [0.15, 0.2) is 11.4 Å². The van der Waals surface area contributed by atoms with Crippen LogP contribution in [0.25, 0.3) is 0 Å². The Labute approximate surface area is 127 Å². The number of nitrogens with zero attached hydrogens (tertiary/aromatic N) is 1. The molecule has 0 aromatic carbocycles. The zero-order valence-electron chi connectivity index (χ0n) is 11.3. The molecule has 1 amide bonds. The summed E-state index contributed by atoms with van der Waals surface area (Å²) in [4.78, 5) is 26.1. The molecule has 1 N–H and O–H groups in total. The van der Waals surface area contributed by atoms with E-state index in [-0.39, 0.29) is 11.8 Å². The van der Waals surface area contributed by atoms with Gasteiger partial charge in [0.05, 0.1) is 10.9 Å². The maximum atomic E-state index is 12.2. The molecule has 110 valence electrons. The highest BCUT2D eigenvalue weighted by molar-refractivity contribution is 7.10. The predicted molar refractivity (Wildman–Crippen MR) is 79.1 cm³/mol. The summed E-state index contributed by atoms with van der Waals surface area (Å²) in [6.07, 6.45) is 1.73. The van der Waals surface area contributed by atoms with E-state index in [4.69, 9.17) is 16.7 Å². The van der Waals surface area contributed by atoms with E-state index in [2.05, 4.69) is 0 Å². The maximum Gasteiger partial charge on any atom is 0.308 e. The minimum atomic E-state index is -0.806. The van der Waals surface area contributed by atoms with Crippen LogP contribution in [-0.4, -0.2) is 35.0 Å². The molecule has 0 saturated carbocycles. The van der Waals surface area contributed by atoms with Crippen molar-refractivity contribution in [2.45, 2.75) is 26.2 Å². The Balaban J connectivity index is 1.89. The highest BCUT2D eigenvalue weighted by atomic mass is 35.5. The third-order valence-corrected chi connectivity index (χ3v) is 4.91. The lowest BCUT2D eigenvalue weighted by Crippen LogP contribution is -2.45. The fourth-order valence-electron chi connectivity index (χ4n) is 2.61. The molecule has 1 aliphatic rings. The molecule has 2 atom stereocenters. The maximum absolute atomic E-state index is 12.2. The van der Waals surface area contributed by atoms with Gasteiger partial charge in [0.15, 0.2) is 0 Å². The highest BCUT2D eigenvalue weighted by Crippen LogP contribution is 2.24. The van der Waals surface area contributed by atoms with Gasteiger partial charge in [-0.2, -0.15) is 0 Å². The fourth-order valence-corrected chi connectivity index (χ4v) is 3.68. The van der Waals surface area contributed by atoms with E-state index in [0.29, 0.717) is 37.4 Å². The number of carbonyl (C=O) groups is 2. The van der Waals surface area contributed by atoms with Crippen molar-refractivity contribution in [3.05, 3.63) is 21.3 Å². The number of hydrogen-bond acceptors (Lipinski definition) is 3. The molecule has 1 saturated heterocycles. The molecule has 0 radical (unpaired) electrons. The van der Waals surface area contributed by atoms with Crippen LogP contribution in [0.1, 0.15) is 24.6 Å². The molecule has 2 heterocycles. The molecule has 6 heteroatoms. The van der Waals surface area contributed by atoms with Crippen LogP contribution in [0.3, 0.4) is 0 Å². The van der Waals surface area contributed by atoms with E-state index in [1.165, 1.54) is 0 Å².